The molecule has 0 bridgehead atoms. The van der Waals surface area contributed by atoms with Gasteiger partial charge in [-0.2, -0.15) is 0 Å². The van der Waals surface area contributed by atoms with Crippen LogP contribution in [-0.4, -0.2) is 17.6 Å². The number of hydrogen-bond donors (Lipinski definition) is 2. The zero-order valence-electron chi connectivity index (χ0n) is 13.5. The maximum Gasteiger partial charge on any atom is 0.335 e. The Hall–Kier alpha value is -1.92. The van der Waals surface area contributed by atoms with Gasteiger partial charge in [-0.15, -0.1) is 0 Å². The van der Waals surface area contributed by atoms with Crippen LogP contribution in [0.25, 0.3) is 0 Å². The van der Waals surface area contributed by atoms with Crippen molar-refractivity contribution in [2.75, 3.05) is 6.54 Å². The molecule has 6 heteroatoms. The number of nitrogens with one attached hydrogen (secondary N) is 1. The van der Waals surface area contributed by atoms with Gasteiger partial charge >= 0.3 is 5.97 Å². The Labute approximate surface area is 144 Å². The molecule has 0 heterocycles. The lowest BCUT2D eigenvalue weighted by atomic mass is 10.0. The molecule has 0 spiro atoms. The first-order valence-corrected chi connectivity index (χ1v) is 8.30. The van der Waals surface area contributed by atoms with Crippen molar-refractivity contribution in [1.82, 2.24) is 4.72 Å². The van der Waals surface area contributed by atoms with E-state index in [4.69, 9.17) is 5.11 Å². The predicted molar refractivity (Wildman–Crippen MR) is 91.7 cm³/mol. The summed E-state index contributed by atoms with van der Waals surface area (Å²) in [7, 11) is 0. The summed E-state index contributed by atoms with van der Waals surface area (Å²) in [6, 6.07) is 11.6. The van der Waals surface area contributed by atoms with Gasteiger partial charge in [0, 0.05) is 23.9 Å². The Morgan fingerprint density at radius 1 is 1.25 bits per heavy atom. The zero-order valence-corrected chi connectivity index (χ0v) is 14.3. The number of benzene rings is 2. The minimum atomic E-state index is -2.84. The van der Waals surface area contributed by atoms with Gasteiger partial charge in [0.25, 0.3) is 5.92 Å². The van der Waals surface area contributed by atoms with Crippen LogP contribution in [-0.2, 0) is 12.3 Å². The Kier molecular flexibility index (Phi) is 5.96. The molecule has 0 fully saturated rings. The number of carboxylic acid groups (broad SMARTS) is 1. The van der Waals surface area contributed by atoms with Gasteiger partial charge in [0.05, 0.1) is 5.56 Å². The van der Waals surface area contributed by atoms with Crippen LogP contribution in [0.3, 0.4) is 0 Å². The Bertz CT molecular complexity index is 729. The molecule has 2 rings (SSSR count). The first-order chi connectivity index (χ1) is 11.3. The Morgan fingerprint density at radius 3 is 2.67 bits per heavy atom. The van der Waals surface area contributed by atoms with E-state index in [-0.39, 0.29) is 11.1 Å². The third kappa shape index (κ3) is 5.04. The van der Waals surface area contributed by atoms with Gasteiger partial charge in [-0.3, -0.25) is 4.72 Å². The quantitative estimate of drug-likeness (QED) is 0.563. The van der Waals surface area contributed by atoms with Crippen molar-refractivity contribution < 1.29 is 18.7 Å². The van der Waals surface area contributed by atoms with Gasteiger partial charge in [0.1, 0.15) is 0 Å². The number of carbonyl (C=O) groups is 1. The topological polar surface area (TPSA) is 49.3 Å². The number of rotatable bonds is 7. The predicted octanol–water partition coefficient (Wildman–Crippen LogP) is 4.64. The van der Waals surface area contributed by atoms with E-state index < -0.39 is 11.9 Å². The molecule has 0 unspecified atom stereocenters. The number of alkyl halides is 2. The molecule has 128 valence electrons. The number of halogens is 2. The maximum absolute atomic E-state index is 13.3. The van der Waals surface area contributed by atoms with Crippen LogP contribution >= 0.6 is 11.9 Å². The highest BCUT2D eigenvalue weighted by atomic mass is 32.2. The summed E-state index contributed by atoms with van der Waals surface area (Å²) in [5.74, 6) is -3.79. The van der Waals surface area contributed by atoms with Crippen LogP contribution in [0, 0.1) is 6.92 Å². The number of hydrogen-bond acceptors (Lipinski definition) is 3. The lowest BCUT2D eigenvalue weighted by Crippen LogP contribution is -2.11. The van der Waals surface area contributed by atoms with Crippen LogP contribution in [0.2, 0.25) is 0 Å². The molecule has 0 atom stereocenters. The standard InChI is InChI=1S/C18H19F2NO2S/c1-12-6-7-15(11-16(12)17(22)23)24-21-9-8-13-4-3-5-14(10-13)18(2,19)20/h3-7,10-11,21H,8-9H2,1-2H3,(H,22,23). The molecular formula is C18H19F2NO2S. The van der Waals surface area contributed by atoms with Crippen molar-refractivity contribution in [2.45, 2.75) is 31.1 Å². The molecule has 0 amide bonds. The van der Waals surface area contributed by atoms with Gasteiger partial charge in [-0.05, 0) is 54.6 Å². The van der Waals surface area contributed by atoms with E-state index in [0.717, 1.165) is 17.4 Å². The Morgan fingerprint density at radius 2 is 2.00 bits per heavy atom. The SMILES string of the molecule is Cc1ccc(SNCCc2cccc(C(C)(F)F)c2)cc1C(=O)O. The molecule has 2 aromatic carbocycles. The summed E-state index contributed by atoms with van der Waals surface area (Å²) in [5.41, 5.74) is 1.83. The van der Waals surface area contributed by atoms with E-state index in [1.54, 1.807) is 25.1 Å². The molecule has 24 heavy (non-hydrogen) atoms. The number of aryl methyl sites for hydroxylation is 1. The molecule has 0 saturated carbocycles. The zero-order chi connectivity index (χ0) is 17.7. The first kappa shape index (κ1) is 18.4. The second-order valence-electron chi connectivity index (χ2n) is 5.62. The minimum absolute atomic E-state index is 0.0114. The number of carboxylic acids is 1. The van der Waals surface area contributed by atoms with Crippen molar-refractivity contribution in [3.63, 3.8) is 0 Å². The summed E-state index contributed by atoms with van der Waals surface area (Å²) in [5, 5.41) is 9.11. The van der Waals surface area contributed by atoms with Gasteiger partial charge in [-0.1, -0.05) is 24.3 Å². The average Bonchev–Trinajstić information content (AvgIpc) is 2.52. The molecule has 2 N–H and O–H groups in total. The van der Waals surface area contributed by atoms with Crippen LogP contribution in [0.15, 0.2) is 47.4 Å². The van der Waals surface area contributed by atoms with Crippen LogP contribution in [0.4, 0.5) is 8.78 Å². The fraction of sp³-hybridized carbons (Fsp3) is 0.278. The second-order valence-corrected chi connectivity index (χ2v) is 6.58. The normalized spacial score (nSPS) is 11.5. The fourth-order valence-electron chi connectivity index (χ4n) is 2.22. The van der Waals surface area contributed by atoms with Crippen molar-refractivity contribution >= 4 is 17.9 Å². The van der Waals surface area contributed by atoms with E-state index in [0.29, 0.717) is 18.5 Å². The first-order valence-electron chi connectivity index (χ1n) is 7.48. The smallest absolute Gasteiger partial charge is 0.335 e. The molecule has 0 radical (unpaired) electrons. The largest absolute Gasteiger partial charge is 0.478 e. The highest BCUT2D eigenvalue weighted by Crippen LogP contribution is 2.27. The lowest BCUT2D eigenvalue weighted by molar-refractivity contribution is 0.0174. The number of aromatic carboxylic acids is 1. The van der Waals surface area contributed by atoms with Crippen LogP contribution < -0.4 is 4.72 Å². The van der Waals surface area contributed by atoms with E-state index in [2.05, 4.69) is 4.72 Å². The average molecular weight is 351 g/mol. The van der Waals surface area contributed by atoms with Gasteiger partial charge in [0.15, 0.2) is 0 Å². The van der Waals surface area contributed by atoms with Crippen molar-refractivity contribution in [3.05, 3.63) is 64.7 Å². The monoisotopic (exact) mass is 351 g/mol. The van der Waals surface area contributed by atoms with Crippen molar-refractivity contribution in [3.8, 4) is 0 Å². The summed E-state index contributed by atoms with van der Waals surface area (Å²) in [4.78, 5) is 11.9. The highest BCUT2D eigenvalue weighted by Gasteiger charge is 2.23. The molecule has 0 aromatic heterocycles. The molecule has 0 saturated heterocycles. The minimum Gasteiger partial charge on any atom is -0.478 e. The molecule has 2 aromatic rings. The highest BCUT2D eigenvalue weighted by molar-refractivity contribution is 7.97. The summed E-state index contributed by atoms with van der Waals surface area (Å²) < 4.78 is 29.8. The summed E-state index contributed by atoms with van der Waals surface area (Å²) >= 11 is 1.33. The van der Waals surface area contributed by atoms with Gasteiger partial charge in [0.2, 0.25) is 0 Å². The van der Waals surface area contributed by atoms with Crippen molar-refractivity contribution in [1.29, 1.82) is 0 Å². The molecule has 3 nitrogen and oxygen atoms in total. The van der Waals surface area contributed by atoms with E-state index in [9.17, 15) is 13.6 Å². The van der Waals surface area contributed by atoms with E-state index in [1.165, 1.54) is 24.1 Å². The van der Waals surface area contributed by atoms with Crippen LogP contribution in [0.1, 0.15) is 34.0 Å². The van der Waals surface area contributed by atoms with Crippen molar-refractivity contribution in [2.24, 2.45) is 0 Å². The lowest BCUT2D eigenvalue weighted by Gasteiger charge is -2.12. The van der Waals surface area contributed by atoms with E-state index in [1.807, 2.05) is 12.1 Å². The maximum atomic E-state index is 13.3. The molecule has 0 aliphatic carbocycles. The third-order valence-electron chi connectivity index (χ3n) is 3.58. The van der Waals surface area contributed by atoms with E-state index >= 15 is 0 Å². The summed E-state index contributed by atoms with van der Waals surface area (Å²) in [6.07, 6.45) is 0.606. The molecule has 0 aliphatic heterocycles. The Balaban J connectivity index is 1.90. The fourth-order valence-corrected chi connectivity index (χ4v) is 2.91. The second kappa shape index (κ2) is 7.77. The molecule has 0 aliphatic rings. The van der Waals surface area contributed by atoms with Gasteiger partial charge < -0.3 is 5.11 Å². The summed E-state index contributed by atoms with van der Waals surface area (Å²) in [6.45, 7) is 3.22. The molecular weight excluding hydrogens is 332 g/mol. The van der Waals surface area contributed by atoms with Gasteiger partial charge in [-0.25, -0.2) is 13.6 Å². The third-order valence-corrected chi connectivity index (χ3v) is 4.42. The van der Waals surface area contributed by atoms with Crippen LogP contribution in [0.5, 0.6) is 0 Å².